The molecule has 0 aliphatic carbocycles. The molecular weight excluding hydrogens is 248 g/mol. The summed E-state index contributed by atoms with van der Waals surface area (Å²) in [5, 5.41) is 0. The molecule has 1 aromatic carbocycles. The number of nitrogens with zero attached hydrogens (tertiary/aromatic N) is 2. The molecule has 1 aliphatic rings. The highest BCUT2D eigenvalue weighted by atomic mass is 16.5. The smallest absolute Gasteiger partial charge is 0.123 e. The quantitative estimate of drug-likeness (QED) is 0.850. The Morgan fingerprint density at radius 1 is 1.25 bits per heavy atom. The van der Waals surface area contributed by atoms with E-state index in [1.807, 2.05) is 0 Å². The lowest BCUT2D eigenvalue weighted by Gasteiger charge is -2.35. The minimum Gasteiger partial charge on any atom is -0.496 e. The second kappa shape index (κ2) is 5.33. The third-order valence-corrected chi connectivity index (χ3v) is 4.28. The summed E-state index contributed by atoms with van der Waals surface area (Å²) in [6.07, 6.45) is 2.18. The fourth-order valence-corrected chi connectivity index (χ4v) is 3.09. The molecule has 1 aromatic heterocycles. The van der Waals surface area contributed by atoms with Crippen molar-refractivity contribution in [2.45, 2.75) is 33.0 Å². The molecule has 1 atom stereocenters. The number of aryl methyl sites for hydroxylation is 1. The van der Waals surface area contributed by atoms with Crippen molar-refractivity contribution in [3.8, 4) is 5.75 Å². The van der Waals surface area contributed by atoms with Gasteiger partial charge in [-0.2, -0.15) is 0 Å². The van der Waals surface area contributed by atoms with Crippen LogP contribution in [-0.2, 0) is 13.1 Å². The van der Waals surface area contributed by atoms with Crippen LogP contribution in [0.2, 0.25) is 0 Å². The Morgan fingerprint density at radius 2 is 2.10 bits per heavy atom. The molecule has 2 heterocycles. The Morgan fingerprint density at radius 3 is 2.90 bits per heavy atom. The maximum Gasteiger partial charge on any atom is 0.123 e. The highest BCUT2D eigenvalue weighted by Gasteiger charge is 2.24. The zero-order valence-electron chi connectivity index (χ0n) is 12.5. The molecule has 0 unspecified atom stereocenters. The molecule has 3 nitrogen and oxygen atoms in total. The number of fused-ring (bicyclic) bond motifs is 1. The summed E-state index contributed by atoms with van der Waals surface area (Å²) in [4.78, 5) is 2.52. The Labute approximate surface area is 120 Å². The zero-order valence-corrected chi connectivity index (χ0v) is 12.5. The first-order valence-corrected chi connectivity index (χ1v) is 7.21. The molecule has 0 N–H and O–H groups in total. The van der Waals surface area contributed by atoms with Gasteiger partial charge in [-0.3, -0.25) is 4.90 Å². The van der Waals surface area contributed by atoms with Crippen molar-refractivity contribution in [3.05, 3.63) is 53.3 Å². The molecule has 106 valence electrons. The lowest BCUT2D eigenvalue weighted by atomic mass is 10.1. The summed E-state index contributed by atoms with van der Waals surface area (Å²) in [6.45, 7) is 7.51. The van der Waals surface area contributed by atoms with Crippen LogP contribution in [-0.4, -0.2) is 23.1 Å². The van der Waals surface area contributed by atoms with E-state index < -0.39 is 0 Å². The van der Waals surface area contributed by atoms with E-state index in [-0.39, 0.29) is 0 Å². The maximum absolute atomic E-state index is 5.50. The van der Waals surface area contributed by atoms with Crippen LogP contribution in [0.4, 0.5) is 0 Å². The van der Waals surface area contributed by atoms with E-state index in [0.29, 0.717) is 6.04 Å². The first-order valence-electron chi connectivity index (χ1n) is 7.21. The lowest BCUT2D eigenvalue weighted by molar-refractivity contribution is 0.159. The van der Waals surface area contributed by atoms with Crippen LogP contribution < -0.4 is 4.74 Å². The number of methoxy groups -OCH3 is 1. The molecule has 0 amide bonds. The van der Waals surface area contributed by atoms with E-state index in [1.54, 1.807) is 7.11 Å². The van der Waals surface area contributed by atoms with Gasteiger partial charge < -0.3 is 9.30 Å². The first kappa shape index (κ1) is 13.3. The topological polar surface area (TPSA) is 17.4 Å². The van der Waals surface area contributed by atoms with Crippen LogP contribution in [0.15, 0.2) is 36.5 Å². The lowest BCUT2D eigenvalue weighted by Crippen LogP contribution is -2.35. The van der Waals surface area contributed by atoms with Crippen LogP contribution in [0.25, 0.3) is 0 Å². The minimum absolute atomic E-state index is 0.448. The highest BCUT2D eigenvalue weighted by molar-refractivity contribution is 5.37. The molecule has 3 heteroatoms. The average molecular weight is 270 g/mol. The molecule has 0 bridgehead atoms. The summed E-state index contributed by atoms with van der Waals surface area (Å²) in [7, 11) is 1.75. The van der Waals surface area contributed by atoms with Crippen molar-refractivity contribution in [2.75, 3.05) is 13.7 Å². The largest absolute Gasteiger partial charge is 0.496 e. The average Bonchev–Trinajstić information content (AvgIpc) is 2.91. The summed E-state index contributed by atoms with van der Waals surface area (Å²) in [5.74, 6) is 0.990. The molecule has 3 rings (SSSR count). The molecule has 2 aromatic rings. The molecule has 1 aliphatic heterocycles. The van der Waals surface area contributed by atoms with E-state index in [1.165, 1.54) is 16.8 Å². The fraction of sp³-hybridized carbons (Fsp3) is 0.412. The summed E-state index contributed by atoms with van der Waals surface area (Å²) < 4.78 is 7.86. The second-order valence-corrected chi connectivity index (χ2v) is 5.59. The van der Waals surface area contributed by atoms with Crippen LogP contribution in [0, 0.1) is 6.92 Å². The number of aromatic nitrogens is 1. The molecule has 0 saturated heterocycles. The number of ether oxygens (including phenoxy) is 1. The van der Waals surface area contributed by atoms with Gasteiger partial charge in [-0.25, -0.2) is 0 Å². The third kappa shape index (κ3) is 2.34. The van der Waals surface area contributed by atoms with Crippen molar-refractivity contribution in [1.29, 1.82) is 0 Å². The van der Waals surface area contributed by atoms with Crippen LogP contribution in [0.1, 0.15) is 29.8 Å². The summed E-state index contributed by atoms with van der Waals surface area (Å²) in [6, 6.07) is 11.2. The third-order valence-electron chi connectivity index (χ3n) is 4.28. The molecule has 0 fully saturated rings. The first-order chi connectivity index (χ1) is 9.69. The van der Waals surface area contributed by atoms with E-state index >= 15 is 0 Å². The van der Waals surface area contributed by atoms with Crippen molar-refractivity contribution < 1.29 is 4.74 Å². The highest BCUT2D eigenvalue weighted by Crippen LogP contribution is 2.29. The minimum atomic E-state index is 0.448. The molecule has 20 heavy (non-hydrogen) atoms. The van der Waals surface area contributed by atoms with E-state index in [2.05, 4.69) is 59.8 Å². The van der Waals surface area contributed by atoms with Crippen LogP contribution in [0.5, 0.6) is 5.75 Å². The van der Waals surface area contributed by atoms with Gasteiger partial charge in [0.15, 0.2) is 0 Å². The van der Waals surface area contributed by atoms with Crippen molar-refractivity contribution in [3.63, 3.8) is 0 Å². The number of benzene rings is 1. The van der Waals surface area contributed by atoms with Gasteiger partial charge in [-0.15, -0.1) is 0 Å². The Bertz CT molecular complexity index is 603. The van der Waals surface area contributed by atoms with Crippen molar-refractivity contribution in [1.82, 2.24) is 9.47 Å². The number of rotatable bonds is 3. The van der Waals surface area contributed by atoms with E-state index in [9.17, 15) is 0 Å². The van der Waals surface area contributed by atoms with Gasteiger partial charge in [0.2, 0.25) is 0 Å². The second-order valence-electron chi connectivity index (χ2n) is 5.59. The van der Waals surface area contributed by atoms with Gasteiger partial charge in [0.25, 0.3) is 0 Å². The van der Waals surface area contributed by atoms with Gasteiger partial charge in [0.05, 0.1) is 7.11 Å². The van der Waals surface area contributed by atoms with Gasteiger partial charge in [-0.1, -0.05) is 17.7 Å². The van der Waals surface area contributed by atoms with Gasteiger partial charge in [0, 0.05) is 43.1 Å². The predicted molar refractivity (Wildman–Crippen MR) is 81.0 cm³/mol. The van der Waals surface area contributed by atoms with Gasteiger partial charge in [0.1, 0.15) is 5.75 Å². The van der Waals surface area contributed by atoms with Gasteiger partial charge in [-0.05, 0) is 32.0 Å². The summed E-state index contributed by atoms with van der Waals surface area (Å²) >= 11 is 0. The molecule has 0 spiro atoms. The number of hydrogen-bond donors (Lipinski definition) is 0. The van der Waals surface area contributed by atoms with Crippen LogP contribution >= 0.6 is 0 Å². The van der Waals surface area contributed by atoms with Crippen molar-refractivity contribution >= 4 is 0 Å². The van der Waals surface area contributed by atoms with Gasteiger partial charge >= 0.3 is 0 Å². The maximum atomic E-state index is 5.50. The number of hydrogen-bond acceptors (Lipinski definition) is 2. The zero-order chi connectivity index (χ0) is 14.1. The Balaban J connectivity index is 1.84. The normalized spacial score (nSPS) is 18.9. The SMILES string of the molecule is COc1ccc(C)cc1CN1CCn2cccc2[C@H]1C. The van der Waals surface area contributed by atoms with E-state index in [0.717, 1.165) is 25.4 Å². The molecule has 0 saturated carbocycles. The predicted octanol–water partition coefficient (Wildman–Crippen LogP) is 3.38. The molecular formula is C17H22N2O. The summed E-state index contributed by atoms with van der Waals surface area (Å²) in [5.41, 5.74) is 3.97. The van der Waals surface area contributed by atoms with Crippen molar-refractivity contribution in [2.24, 2.45) is 0 Å². The standard InChI is InChI=1S/C17H22N2O/c1-13-6-7-17(20-3)15(11-13)12-19-10-9-18-8-4-5-16(18)14(19)2/h4-8,11,14H,9-10,12H2,1-3H3/t14-/m1/s1. The Kier molecular flexibility index (Phi) is 3.53. The Hall–Kier alpha value is -1.74. The molecule has 0 radical (unpaired) electrons. The van der Waals surface area contributed by atoms with Crippen LogP contribution in [0.3, 0.4) is 0 Å². The monoisotopic (exact) mass is 270 g/mol. The van der Waals surface area contributed by atoms with E-state index in [4.69, 9.17) is 4.74 Å². The fourth-order valence-electron chi connectivity index (χ4n) is 3.09.